The van der Waals surface area contributed by atoms with Gasteiger partial charge in [-0.15, -0.1) is 11.3 Å². The van der Waals surface area contributed by atoms with Gasteiger partial charge in [-0.25, -0.2) is 9.97 Å². The van der Waals surface area contributed by atoms with Gasteiger partial charge in [-0.3, -0.25) is 4.79 Å². The third-order valence-electron chi connectivity index (χ3n) is 4.97. The monoisotopic (exact) mass is 391 g/mol. The number of hydrogen-bond acceptors (Lipinski definition) is 5. The van der Waals surface area contributed by atoms with Crippen LogP contribution >= 0.6 is 23.1 Å². The Morgan fingerprint density at radius 1 is 1.27 bits per heavy atom. The largest absolute Gasteiger partial charge is 0.337 e. The summed E-state index contributed by atoms with van der Waals surface area (Å²) in [6.07, 6.45) is 3.48. The summed E-state index contributed by atoms with van der Waals surface area (Å²) in [6.45, 7) is 12.6. The lowest BCUT2D eigenvalue weighted by Gasteiger charge is -2.30. The highest BCUT2D eigenvalue weighted by Gasteiger charge is 2.25. The van der Waals surface area contributed by atoms with Crippen molar-refractivity contribution in [2.45, 2.75) is 77.9 Å². The number of rotatable bonds is 5. The van der Waals surface area contributed by atoms with E-state index in [1.54, 1.807) is 11.8 Å². The average molecular weight is 392 g/mol. The minimum Gasteiger partial charge on any atom is -0.337 e. The zero-order chi connectivity index (χ0) is 19.0. The molecule has 2 heterocycles. The smallest absolute Gasteiger partial charge is 0.233 e. The van der Waals surface area contributed by atoms with Gasteiger partial charge in [0.2, 0.25) is 5.91 Å². The molecule has 0 spiro atoms. The predicted molar refractivity (Wildman–Crippen MR) is 111 cm³/mol. The van der Waals surface area contributed by atoms with E-state index in [9.17, 15) is 4.79 Å². The first kappa shape index (κ1) is 19.6. The highest BCUT2D eigenvalue weighted by molar-refractivity contribution is 8.00. The molecule has 0 fully saturated rings. The highest BCUT2D eigenvalue weighted by Crippen LogP contribution is 2.40. The molecule has 0 bridgehead atoms. The summed E-state index contributed by atoms with van der Waals surface area (Å²) in [6, 6.07) is 0.427. The van der Waals surface area contributed by atoms with Crippen molar-refractivity contribution in [2.75, 3.05) is 5.75 Å². The molecule has 0 radical (unpaired) electrons. The molecule has 0 saturated carbocycles. The first-order valence-electron chi connectivity index (χ1n) is 9.50. The van der Waals surface area contributed by atoms with Gasteiger partial charge in [0.1, 0.15) is 15.7 Å². The third-order valence-corrected chi connectivity index (χ3v) is 7.08. The van der Waals surface area contributed by atoms with E-state index in [2.05, 4.69) is 39.6 Å². The molecular formula is C20H29N3OS2. The van der Waals surface area contributed by atoms with Gasteiger partial charge < -0.3 is 4.90 Å². The Labute approximate surface area is 164 Å². The number of carbonyl (C=O) groups excluding carboxylic acids is 1. The number of thiophene rings is 1. The molecular weight excluding hydrogens is 362 g/mol. The quantitative estimate of drug-likeness (QED) is 0.539. The molecule has 1 atom stereocenters. The van der Waals surface area contributed by atoms with Gasteiger partial charge in [-0.2, -0.15) is 0 Å². The van der Waals surface area contributed by atoms with Gasteiger partial charge in [0.05, 0.1) is 5.75 Å². The molecule has 0 unspecified atom stereocenters. The molecule has 1 amide bonds. The van der Waals surface area contributed by atoms with Crippen molar-refractivity contribution >= 4 is 39.2 Å². The predicted octanol–water partition coefficient (Wildman–Crippen LogP) is 4.86. The van der Waals surface area contributed by atoms with E-state index in [-0.39, 0.29) is 18.0 Å². The van der Waals surface area contributed by atoms with Crippen molar-refractivity contribution in [1.82, 2.24) is 14.9 Å². The molecule has 0 saturated heterocycles. The van der Waals surface area contributed by atoms with Crippen LogP contribution in [0.15, 0.2) is 5.03 Å². The van der Waals surface area contributed by atoms with Gasteiger partial charge >= 0.3 is 0 Å². The fourth-order valence-corrected chi connectivity index (χ4v) is 6.35. The molecule has 142 valence electrons. The van der Waals surface area contributed by atoms with E-state index < -0.39 is 0 Å². The van der Waals surface area contributed by atoms with Gasteiger partial charge in [-0.1, -0.05) is 18.7 Å². The number of hydrogen-bond donors (Lipinski definition) is 0. The number of aromatic nitrogens is 2. The Balaban J connectivity index is 1.89. The van der Waals surface area contributed by atoms with Crippen LogP contribution in [0.4, 0.5) is 0 Å². The van der Waals surface area contributed by atoms with E-state index in [0.29, 0.717) is 5.75 Å². The van der Waals surface area contributed by atoms with Crippen LogP contribution in [-0.4, -0.2) is 38.6 Å². The van der Waals surface area contributed by atoms with Crippen molar-refractivity contribution in [3.63, 3.8) is 0 Å². The number of thioether (sulfide) groups is 1. The lowest BCUT2D eigenvalue weighted by Crippen LogP contribution is -2.43. The molecule has 4 nitrogen and oxygen atoms in total. The Bertz CT molecular complexity index is 805. The van der Waals surface area contributed by atoms with Gasteiger partial charge in [0, 0.05) is 22.3 Å². The number of fused-ring (bicyclic) bond motifs is 3. The molecule has 0 N–H and O–H groups in total. The summed E-state index contributed by atoms with van der Waals surface area (Å²) < 4.78 is 0. The van der Waals surface area contributed by atoms with Crippen LogP contribution in [0, 0.1) is 12.8 Å². The second-order valence-electron chi connectivity index (χ2n) is 7.89. The number of carbonyl (C=O) groups is 1. The van der Waals surface area contributed by atoms with Crippen LogP contribution in [-0.2, 0) is 17.6 Å². The number of aryl methyl sites for hydroxylation is 2. The molecule has 2 aromatic heterocycles. The van der Waals surface area contributed by atoms with Gasteiger partial charge in [-0.05, 0) is 65.4 Å². The van der Waals surface area contributed by atoms with Crippen LogP contribution in [0.3, 0.4) is 0 Å². The van der Waals surface area contributed by atoms with Crippen LogP contribution in [0.1, 0.15) is 57.3 Å². The van der Waals surface area contributed by atoms with Crippen molar-refractivity contribution in [3.8, 4) is 0 Å². The fourth-order valence-electron chi connectivity index (χ4n) is 3.89. The van der Waals surface area contributed by atoms with Gasteiger partial charge in [0.15, 0.2) is 0 Å². The summed E-state index contributed by atoms with van der Waals surface area (Å²) in [7, 11) is 0. The minimum absolute atomic E-state index is 0.183. The third kappa shape index (κ3) is 3.91. The second kappa shape index (κ2) is 7.85. The molecule has 3 rings (SSSR count). The molecule has 2 aromatic rings. The van der Waals surface area contributed by atoms with Crippen molar-refractivity contribution in [2.24, 2.45) is 5.92 Å². The highest BCUT2D eigenvalue weighted by atomic mass is 32.2. The fraction of sp³-hybridized carbons (Fsp3) is 0.650. The van der Waals surface area contributed by atoms with E-state index in [0.717, 1.165) is 34.4 Å². The van der Waals surface area contributed by atoms with Crippen molar-refractivity contribution < 1.29 is 4.79 Å². The Morgan fingerprint density at radius 3 is 2.62 bits per heavy atom. The number of amides is 1. The normalized spacial score (nSPS) is 17.2. The Morgan fingerprint density at radius 2 is 1.96 bits per heavy atom. The molecule has 0 aromatic carbocycles. The molecule has 6 heteroatoms. The van der Waals surface area contributed by atoms with Crippen LogP contribution < -0.4 is 0 Å². The van der Waals surface area contributed by atoms with E-state index >= 15 is 0 Å². The maximum absolute atomic E-state index is 12.8. The number of nitrogens with zero attached hydrogens (tertiary/aromatic N) is 3. The topological polar surface area (TPSA) is 46.1 Å². The molecule has 26 heavy (non-hydrogen) atoms. The maximum Gasteiger partial charge on any atom is 0.233 e. The first-order chi connectivity index (χ1) is 12.3. The Kier molecular flexibility index (Phi) is 5.92. The summed E-state index contributed by atoms with van der Waals surface area (Å²) in [5, 5.41) is 2.20. The summed E-state index contributed by atoms with van der Waals surface area (Å²) in [5.74, 6) is 2.15. The summed E-state index contributed by atoms with van der Waals surface area (Å²) in [5.41, 5.74) is 1.43. The van der Waals surface area contributed by atoms with Crippen LogP contribution in [0.25, 0.3) is 10.2 Å². The average Bonchev–Trinajstić information content (AvgIpc) is 2.88. The first-order valence-corrected chi connectivity index (χ1v) is 11.3. The second-order valence-corrected chi connectivity index (χ2v) is 9.93. The lowest BCUT2D eigenvalue weighted by atomic mass is 9.89. The zero-order valence-electron chi connectivity index (χ0n) is 16.6. The van der Waals surface area contributed by atoms with E-state index in [1.165, 1.54) is 22.2 Å². The van der Waals surface area contributed by atoms with Crippen molar-refractivity contribution in [3.05, 3.63) is 16.3 Å². The molecule has 1 aliphatic carbocycles. The van der Waals surface area contributed by atoms with E-state index in [1.807, 2.05) is 23.2 Å². The molecule has 1 aliphatic rings. The SMILES string of the molecule is Cc1nc(SCC(=O)N(C(C)C)C(C)C)c2c3c(sc2n1)C[C@H](C)CC3. The standard InChI is InChI=1S/C20H29N3OS2/c1-11(2)23(12(3)4)17(24)10-25-19-18-15-8-7-13(5)9-16(15)26-20(18)22-14(6)21-19/h11-13H,7-10H2,1-6H3/t13-/m1/s1. The van der Waals surface area contributed by atoms with Crippen LogP contribution in [0.5, 0.6) is 0 Å². The zero-order valence-corrected chi connectivity index (χ0v) is 18.3. The minimum atomic E-state index is 0.183. The summed E-state index contributed by atoms with van der Waals surface area (Å²) in [4.78, 5) is 26.7. The molecule has 0 aliphatic heterocycles. The van der Waals surface area contributed by atoms with Gasteiger partial charge in [0.25, 0.3) is 0 Å². The maximum atomic E-state index is 12.8. The lowest BCUT2D eigenvalue weighted by molar-refractivity contribution is -0.131. The van der Waals surface area contributed by atoms with Crippen molar-refractivity contribution in [1.29, 1.82) is 0 Å². The van der Waals surface area contributed by atoms with E-state index in [4.69, 9.17) is 4.98 Å². The van der Waals surface area contributed by atoms with Crippen LogP contribution in [0.2, 0.25) is 0 Å². The summed E-state index contributed by atoms with van der Waals surface area (Å²) >= 11 is 3.40. The Hall–Kier alpha value is -1.14.